The summed E-state index contributed by atoms with van der Waals surface area (Å²) in [6.45, 7) is 0.286. The van der Waals surface area contributed by atoms with Crippen molar-refractivity contribution in [1.29, 1.82) is 0 Å². The Bertz CT molecular complexity index is 1140. The average molecular weight is 412 g/mol. The van der Waals surface area contributed by atoms with Gasteiger partial charge in [-0.2, -0.15) is 4.31 Å². The van der Waals surface area contributed by atoms with E-state index in [0.717, 1.165) is 12.7 Å². The Balaban J connectivity index is 1.70. The number of ketones is 2. The van der Waals surface area contributed by atoms with Gasteiger partial charge in [0.1, 0.15) is 6.04 Å². The molecule has 2 aromatic carbocycles. The molecule has 0 bridgehead atoms. The summed E-state index contributed by atoms with van der Waals surface area (Å²) < 4.78 is 25.3. The molecule has 1 fully saturated rings. The smallest absolute Gasteiger partial charge is 0.242 e. The molecule has 1 heterocycles. The van der Waals surface area contributed by atoms with Gasteiger partial charge in [-0.1, -0.05) is 42.8 Å². The number of hydrogen-bond acceptors (Lipinski definition) is 5. The molecule has 1 saturated heterocycles. The zero-order valence-corrected chi connectivity index (χ0v) is 16.7. The third-order valence-electron chi connectivity index (χ3n) is 5.39. The summed E-state index contributed by atoms with van der Waals surface area (Å²) in [5.41, 5.74) is 1.23. The number of benzene rings is 2. The van der Waals surface area contributed by atoms with Gasteiger partial charge in [0.15, 0.2) is 11.6 Å². The molecule has 1 aliphatic heterocycles. The van der Waals surface area contributed by atoms with E-state index in [4.69, 9.17) is 0 Å². The van der Waals surface area contributed by atoms with Gasteiger partial charge in [0.05, 0.1) is 17.5 Å². The third-order valence-corrected chi connectivity index (χ3v) is 6.68. The van der Waals surface area contributed by atoms with E-state index in [2.05, 4.69) is 5.32 Å². The molecule has 1 unspecified atom stereocenters. The highest BCUT2D eigenvalue weighted by molar-refractivity contribution is 7.88. The normalized spacial score (nSPS) is 19.4. The van der Waals surface area contributed by atoms with Gasteiger partial charge in [-0.05, 0) is 18.9 Å². The topological polar surface area (TPSA) is 101 Å². The minimum absolute atomic E-state index is 0.145. The number of piperidine rings is 1. The maximum Gasteiger partial charge on any atom is 0.242 e. The quantitative estimate of drug-likeness (QED) is 0.711. The molecule has 8 heteroatoms. The number of rotatable bonds is 3. The molecule has 150 valence electrons. The number of nitrogens with one attached hydrogen (secondary N) is 1. The van der Waals surface area contributed by atoms with Crippen molar-refractivity contribution in [2.24, 2.45) is 0 Å². The number of sulfonamides is 1. The summed E-state index contributed by atoms with van der Waals surface area (Å²) >= 11 is 0. The van der Waals surface area contributed by atoms with Gasteiger partial charge in [0.25, 0.3) is 0 Å². The Morgan fingerprint density at radius 2 is 1.62 bits per heavy atom. The van der Waals surface area contributed by atoms with Crippen LogP contribution in [0.2, 0.25) is 0 Å². The minimum atomic E-state index is -3.54. The highest BCUT2D eigenvalue weighted by atomic mass is 32.2. The molecule has 1 amide bonds. The largest absolute Gasteiger partial charge is 0.324 e. The summed E-state index contributed by atoms with van der Waals surface area (Å²) in [6.07, 6.45) is 2.93. The van der Waals surface area contributed by atoms with E-state index < -0.39 is 22.0 Å². The lowest BCUT2D eigenvalue weighted by Gasteiger charge is -2.32. The van der Waals surface area contributed by atoms with Crippen LogP contribution in [-0.2, 0) is 14.8 Å². The lowest BCUT2D eigenvalue weighted by molar-refractivity contribution is -0.120. The summed E-state index contributed by atoms with van der Waals surface area (Å²) in [5, 5.41) is 2.71. The Morgan fingerprint density at radius 3 is 2.31 bits per heavy atom. The molecule has 4 rings (SSSR count). The first-order valence-electron chi connectivity index (χ1n) is 9.38. The highest BCUT2D eigenvalue weighted by Crippen LogP contribution is 2.32. The van der Waals surface area contributed by atoms with E-state index in [1.807, 2.05) is 0 Å². The molecule has 29 heavy (non-hydrogen) atoms. The molecule has 0 radical (unpaired) electrons. The van der Waals surface area contributed by atoms with Crippen LogP contribution in [0.3, 0.4) is 0 Å². The molecule has 0 spiro atoms. The molecule has 7 nitrogen and oxygen atoms in total. The molecule has 1 atom stereocenters. The number of hydrogen-bond donors (Lipinski definition) is 1. The number of fused-ring (bicyclic) bond motifs is 2. The first-order valence-corrected chi connectivity index (χ1v) is 11.2. The van der Waals surface area contributed by atoms with Crippen molar-refractivity contribution in [3.8, 4) is 0 Å². The SMILES string of the molecule is CS(=O)(=O)N1CCCCC1C(=O)Nc1cccc2c1C(=O)c1ccccc1C2=O. The fourth-order valence-corrected chi connectivity index (χ4v) is 5.15. The summed E-state index contributed by atoms with van der Waals surface area (Å²) in [6, 6.07) is 10.5. The van der Waals surface area contributed by atoms with Crippen LogP contribution in [0.1, 0.15) is 51.1 Å². The van der Waals surface area contributed by atoms with Crippen LogP contribution in [-0.4, -0.2) is 49.0 Å². The second kappa shape index (κ2) is 7.20. The number of carbonyl (C=O) groups is 3. The van der Waals surface area contributed by atoms with Gasteiger partial charge in [-0.3, -0.25) is 14.4 Å². The average Bonchev–Trinajstić information content (AvgIpc) is 2.71. The van der Waals surface area contributed by atoms with Crippen LogP contribution >= 0.6 is 0 Å². The first kappa shape index (κ1) is 19.5. The van der Waals surface area contributed by atoms with Crippen molar-refractivity contribution in [3.63, 3.8) is 0 Å². The van der Waals surface area contributed by atoms with Gasteiger partial charge in [0, 0.05) is 23.2 Å². The van der Waals surface area contributed by atoms with Crippen molar-refractivity contribution < 1.29 is 22.8 Å². The molecule has 0 aromatic heterocycles. The van der Waals surface area contributed by atoms with Crippen molar-refractivity contribution in [2.75, 3.05) is 18.1 Å². The van der Waals surface area contributed by atoms with E-state index in [1.54, 1.807) is 42.5 Å². The van der Waals surface area contributed by atoms with Crippen LogP contribution in [0.25, 0.3) is 0 Å². The zero-order chi connectivity index (χ0) is 20.8. The van der Waals surface area contributed by atoms with Gasteiger partial charge in [-0.25, -0.2) is 8.42 Å². The predicted molar refractivity (Wildman–Crippen MR) is 108 cm³/mol. The van der Waals surface area contributed by atoms with Gasteiger partial charge >= 0.3 is 0 Å². The highest BCUT2D eigenvalue weighted by Gasteiger charge is 2.36. The van der Waals surface area contributed by atoms with E-state index in [1.165, 1.54) is 4.31 Å². The number of nitrogens with zero attached hydrogens (tertiary/aromatic N) is 1. The Kier molecular flexibility index (Phi) is 4.84. The first-order chi connectivity index (χ1) is 13.8. The Morgan fingerprint density at radius 1 is 0.966 bits per heavy atom. The maximum absolute atomic E-state index is 13.0. The molecule has 1 aliphatic carbocycles. The number of amides is 1. The van der Waals surface area contributed by atoms with Crippen molar-refractivity contribution in [3.05, 3.63) is 64.7 Å². The van der Waals surface area contributed by atoms with Crippen molar-refractivity contribution in [1.82, 2.24) is 4.31 Å². The molecule has 2 aliphatic rings. The van der Waals surface area contributed by atoms with Crippen molar-refractivity contribution in [2.45, 2.75) is 25.3 Å². The second-order valence-electron chi connectivity index (χ2n) is 7.31. The molecule has 0 saturated carbocycles. The van der Waals surface area contributed by atoms with Crippen LogP contribution in [0.15, 0.2) is 42.5 Å². The predicted octanol–water partition coefficient (Wildman–Crippen LogP) is 2.21. The second-order valence-corrected chi connectivity index (χ2v) is 9.24. The van der Waals surface area contributed by atoms with Crippen molar-refractivity contribution >= 4 is 33.2 Å². The van der Waals surface area contributed by atoms with E-state index in [0.29, 0.717) is 24.0 Å². The fraction of sp³-hybridized carbons (Fsp3) is 0.286. The zero-order valence-electron chi connectivity index (χ0n) is 15.8. The molecular weight excluding hydrogens is 392 g/mol. The van der Waals surface area contributed by atoms with E-state index >= 15 is 0 Å². The third kappa shape index (κ3) is 3.38. The van der Waals surface area contributed by atoms with Gasteiger partial charge < -0.3 is 5.32 Å². The number of anilines is 1. The lowest BCUT2D eigenvalue weighted by atomic mass is 9.83. The van der Waals surface area contributed by atoms with Crippen LogP contribution in [0, 0.1) is 0 Å². The standard InChI is InChI=1S/C21H20N2O5S/c1-29(27,28)23-12-5-4-11-17(23)21(26)22-16-10-6-9-15-18(16)20(25)14-8-3-2-7-13(14)19(15)24/h2-3,6-10,17H,4-5,11-12H2,1H3,(H,22,26). The van der Waals surface area contributed by atoms with Crippen LogP contribution in [0.4, 0.5) is 5.69 Å². The van der Waals surface area contributed by atoms with Gasteiger partial charge in [0.2, 0.25) is 15.9 Å². The van der Waals surface area contributed by atoms with Crippen LogP contribution in [0.5, 0.6) is 0 Å². The minimum Gasteiger partial charge on any atom is -0.324 e. The van der Waals surface area contributed by atoms with E-state index in [-0.39, 0.29) is 34.9 Å². The molecule has 1 N–H and O–H groups in total. The Labute approximate surface area is 168 Å². The monoisotopic (exact) mass is 412 g/mol. The molecular formula is C21H20N2O5S. The fourth-order valence-electron chi connectivity index (χ4n) is 4.03. The Hall–Kier alpha value is -2.84. The van der Waals surface area contributed by atoms with Crippen LogP contribution < -0.4 is 5.32 Å². The van der Waals surface area contributed by atoms with E-state index in [9.17, 15) is 22.8 Å². The summed E-state index contributed by atoms with van der Waals surface area (Å²) in [7, 11) is -3.54. The number of carbonyl (C=O) groups excluding carboxylic acids is 3. The maximum atomic E-state index is 13.0. The molecule has 2 aromatic rings. The summed E-state index contributed by atoms with van der Waals surface area (Å²) in [4.78, 5) is 38.8. The van der Waals surface area contributed by atoms with Gasteiger partial charge in [-0.15, -0.1) is 0 Å². The lowest BCUT2D eigenvalue weighted by Crippen LogP contribution is -2.49. The summed E-state index contributed by atoms with van der Waals surface area (Å²) in [5.74, 6) is -1.11.